The number of nitrogens with one attached hydrogen (secondary N) is 1. The van der Waals surface area contributed by atoms with Gasteiger partial charge in [-0.1, -0.05) is 0 Å². The molecule has 0 aromatic rings. The molecule has 0 aliphatic heterocycles. The van der Waals surface area contributed by atoms with Crippen LogP contribution >= 0.6 is 0 Å². The molecule has 0 aromatic carbocycles. The molecule has 0 aliphatic carbocycles. The third-order valence-electron chi connectivity index (χ3n) is 0.688. The molecule has 0 saturated carbocycles. The summed E-state index contributed by atoms with van der Waals surface area (Å²) in [7, 11) is 0. The first-order chi connectivity index (χ1) is 3.68. The first-order valence-electron chi connectivity index (χ1n) is 2.11. The molecule has 0 heterocycles. The molecule has 1 atom stereocenters. The number of rotatable bonds is 3. The maximum absolute atomic E-state index is 9.87. The topological polar surface area (TPSA) is 66.4 Å². The number of aliphatic carboxylic acids is 1. The van der Waals surface area contributed by atoms with Crippen LogP contribution in [-0.2, 0) is 32.0 Å². The molecule has 0 rings (SSSR count). The van der Waals surface area contributed by atoms with Gasteiger partial charge in [0, 0.05) is 22.4 Å². The van der Waals surface area contributed by atoms with Crippen molar-refractivity contribution in [2.75, 3.05) is 0 Å². The van der Waals surface area contributed by atoms with Crippen molar-refractivity contribution in [1.29, 1.82) is 0 Å². The predicted molar refractivity (Wildman–Crippen MR) is 26.3 cm³/mol. The van der Waals surface area contributed by atoms with Gasteiger partial charge in [0.15, 0.2) is 0 Å². The first-order valence-corrected chi connectivity index (χ1v) is 2.11. The summed E-state index contributed by atoms with van der Waals surface area (Å²) < 4.78 is 0. The maximum atomic E-state index is 9.87. The summed E-state index contributed by atoms with van der Waals surface area (Å²) in [4.78, 5) is 19.4. The van der Waals surface area contributed by atoms with Crippen LogP contribution < -0.4 is 5.32 Å². The fourth-order valence-corrected chi connectivity index (χ4v) is 0.173. The molecule has 0 fully saturated rings. The molecule has 1 amide bonds. The van der Waals surface area contributed by atoms with Crippen molar-refractivity contribution >= 4 is 12.4 Å². The third-order valence-corrected chi connectivity index (χ3v) is 0.688. The van der Waals surface area contributed by atoms with Gasteiger partial charge in [0.2, 0.25) is 6.41 Å². The van der Waals surface area contributed by atoms with Gasteiger partial charge in [-0.2, -0.15) is 0 Å². The van der Waals surface area contributed by atoms with E-state index >= 15 is 0 Å². The van der Waals surface area contributed by atoms with Crippen LogP contribution in [0.5, 0.6) is 0 Å². The van der Waals surface area contributed by atoms with E-state index in [-0.39, 0.29) is 22.4 Å². The van der Waals surface area contributed by atoms with Gasteiger partial charge in [0.25, 0.3) is 0 Å². The van der Waals surface area contributed by atoms with Gasteiger partial charge in [0.1, 0.15) is 6.04 Å². The van der Waals surface area contributed by atoms with E-state index in [4.69, 9.17) is 5.11 Å². The summed E-state index contributed by atoms with van der Waals surface area (Å²) in [5.41, 5.74) is 0. The molecule has 9 heavy (non-hydrogen) atoms. The van der Waals surface area contributed by atoms with Crippen molar-refractivity contribution in [1.82, 2.24) is 5.32 Å². The SMILES string of the molecule is C[C@H](NC=O)C(=O)O.[Ag]. The van der Waals surface area contributed by atoms with Crippen molar-refractivity contribution in [3.63, 3.8) is 0 Å². The van der Waals surface area contributed by atoms with Gasteiger partial charge in [-0.25, -0.2) is 0 Å². The first kappa shape index (κ1) is 11.5. The number of hydrogen-bond acceptors (Lipinski definition) is 2. The molecule has 2 N–H and O–H groups in total. The molecule has 0 saturated heterocycles. The zero-order chi connectivity index (χ0) is 6.57. The Labute approximate surface area is 68.1 Å². The fourth-order valence-electron chi connectivity index (χ4n) is 0.173. The smallest absolute Gasteiger partial charge is 0.325 e. The number of carbonyl (C=O) groups is 2. The second-order valence-electron chi connectivity index (χ2n) is 1.34. The van der Waals surface area contributed by atoms with Gasteiger partial charge in [-0.15, -0.1) is 0 Å². The van der Waals surface area contributed by atoms with Crippen LogP contribution in [0, 0.1) is 0 Å². The maximum Gasteiger partial charge on any atom is 0.325 e. The number of carbonyl (C=O) groups excluding carboxylic acids is 1. The largest absolute Gasteiger partial charge is 0.480 e. The molecular weight excluding hydrogens is 218 g/mol. The van der Waals surface area contributed by atoms with Gasteiger partial charge in [-0.05, 0) is 6.92 Å². The Balaban J connectivity index is 0. The van der Waals surface area contributed by atoms with Gasteiger partial charge >= 0.3 is 5.97 Å². The van der Waals surface area contributed by atoms with E-state index < -0.39 is 12.0 Å². The molecular formula is C4H7AgNO3. The molecule has 0 unspecified atom stereocenters. The average Bonchev–Trinajstić information content (AvgIpc) is 1.67. The zero-order valence-electron chi connectivity index (χ0n) is 4.72. The summed E-state index contributed by atoms with van der Waals surface area (Å²) in [6, 6.07) is -0.785. The Morgan fingerprint density at radius 3 is 2.33 bits per heavy atom. The van der Waals surface area contributed by atoms with Crippen molar-refractivity contribution in [2.24, 2.45) is 0 Å². The standard InChI is InChI=1S/C4H7NO3.Ag/c1-3(4(7)8)5-2-6;/h2-3H,1H3,(H,5,6)(H,7,8);/t3-;/m0./s1. The van der Waals surface area contributed by atoms with Crippen molar-refractivity contribution in [2.45, 2.75) is 13.0 Å². The predicted octanol–water partition coefficient (Wildman–Crippen LogP) is -0.797. The number of hydrogen-bond donors (Lipinski definition) is 2. The number of carboxylic acid groups (broad SMARTS) is 1. The second kappa shape index (κ2) is 5.81. The third kappa shape index (κ3) is 5.55. The normalized spacial score (nSPS) is 10.8. The Bertz CT molecular complexity index is 106. The summed E-state index contributed by atoms with van der Waals surface area (Å²) >= 11 is 0. The molecule has 0 aliphatic rings. The second-order valence-corrected chi connectivity index (χ2v) is 1.34. The summed E-state index contributed by atoms with van der Waals surface area (Å²) in [6.07, 6.45) is 0.360. The Kier molecular flexibility index (Phi) is 7.41. The van der Waals surface area contributed by atoms with Crippen LogP contribution in [0.2, 0.25) is 0 Å². The van der Waals surface area contributed by atoms with Crippen LogP contribution in [0.25, 0.3) is 0 Å². The molecule has 0 bridgehead atoms. The van der Waals surface area contributed by atoms with Crippen LogP contribution in [0.15, 0.2) is 0 Å². The van der Waals surface area contributed by atoms with Crippen LogP contribution in [0.1, 0.15) is 6.92 Å². The van der Waals surface area contributed by atoms with Gasteiger partial charge in [0.05, 0.1) is 0 Å². The minimum Gasteiger partial charge on any atom is -0.480 e. The molecule has 57 valence electrons. The summed E-state index contributed by atoms with van der Waals surface area (Å²) in [6.45, 7) is 1.39. The Morgan fingerprint density at radius 2 is 2.22 bits per heavy atom. The Hall–Kier alpha value is -0.320. The number of carboxylic acids is 1. The fraction of sp³-hybridized carbons (Fsp3) is 0.500. The number of amides is 1. The van der Waals surface area contributed by atoms with Crippen molar-refractivity contribution < 1.29 is 37.1 Å². The van der Waals surface area contributed by atoms with E-state index in [9.17, 15) is 9.59 Å². The summed E-state index contributed by atoms with van der Waals surface area (Å²) in [5.74, 6) is -1.03. The van der Waals surface area contributed by atoms with E-state index in [0.717, 1.165) is 0 Å². The van der Waals surface area contributed by atoms with Crippen molar-refractivity contribution in [3.05, 3.63) is 0 Å². The Morgan fingerprint density at radius 1 is 1.78 bits per heavy atom. The van der Waals surface area contributed by atoms with E-state index in [2.05, 4.69) is 5.32 Å². The molecule has 5 heteroatoms. The quantitative estimate of drug-likeness (QED) is 0.488. The van der Waals surface area contributed by atoms with Crippen LogP contribution in [-0.4, -0.2) is 23.5 Å². The van der Waals surface area contributed by atoms with E-state index in [1.807, 2.05) is 0 Å². The van der Waals surface area contributed by atoms with Crippen molar-refractivity contribution in [3.8, 4) is 0 Å². The van der Waals surface area contributed by atoms with Crippen LogP contribution in [0.4, 0.5) is 0 Å². The average molecular weight is 225 g/mol. The minimum atomic E-state index is -1.03. The monoisotopic (exact) mass is 224 g/mol. The van der Waals surface area contributed by atoms with Gasteiger partial charge in [-0.3, -0.25) is 9.59 Å². The van der Waals surface area contributed by atoms with E-state index in [1.54, 1.807) is 0 Å². The summed E-state index contributed by atoms with van der Waals surface area (Å²) in [5, 5.41) is 10.2. The molecule has 4 nitrogen and oxygen atoms in total. The molecule has 1 radical (unpaired) electrons. The minimum absolute atomic E-state index is 0. The van der Waals surface area contributed by atoms with E-state index in [1.165, 1.54) is 6.92 Å². The van der Waals surface area contributed by atoms with Gasteiger partial charge < -0.3 is 10.4 Å². The van der Waals surface area contributed by atoms with E-state index in [0.29, 0.717) is 6.41 Å². The molecule has 0 aromatic heterocycles. The zero-order valence-corrected chi connectivity index (χ0v) is 6.20. The molecule has 0 spiro atoms. The van der Waals surface area contributed by atoms with Crippen LogP contribution in [0.3, 0.4) is 0 Å².